The molecule has 130 valence electrons. The Kier molecular flexibility index (Phi) is 11.7. The molecule has 1 aromatic carbocycles. The van der Waals surface area contributed by atoms with E-state index in [2.05, 4.69) is 30.1 Å². The first kappa shape index (κ1) is 20.0. The van der Waals surface area contributed by atoms with Gasteiger partial charge in [-0.1, -0.05) is 37.8 Å². The highest BCUT2D eigenvalue weighted by Gasteiger charge is 2.04. The van der Waals surface area contributed by atoms with Crippen molar-refractivity contribution in [3.8, 4) is 0 Å². The van der Waals surface area contributed by atoms with Gasteiger partial charge in [-0.25, -0.2) is 0 Å². The Morgan fingerprint density at radius 3 is 2.26 bits per heavy atom. The summed E-state index contributed by atoms with van der Waals surface area (Å²) < 4.78 is 0. The largest absolute Gasteiger partial charge is 0.396 e. The smallest absolute Gasteiger partial charge is 0.251 e. The number of nitrogens with one attached hydrogen (secondary N) is 1. The van der Waals surface area contributed by atoms with Crippen molar-refractivity contribution in [2.45, 2.75) is 57.8 Å². The summed E-state index contributed by atoms with van der Waals surface area (Å²) in [5.74, 6) is 0.984. The number of hydrogen-bond acceptors (Lipinski definition) is 3. The van der Waals surface area contributed by atoms with Crippen molar-refractivity contribution in [3.05, 3.63) is 35.4 Å². The number of unbranched alkanes of at least 4 members (excludes halogenated alkanes) is 6. The number of hydrogen-bond donors (Lipinski definition) is 3. The van der Waals surface area contributed by atoms with Gasteiger partial charge < -0.3 is 10.4 Å². The lowest BCUT2D eigenvalue weighted by Crippen LogP contribution is -2.24. The average Bonchev–Trinajstić information content (AvgIpc) is 2.58. The second-order valence-electron chi connectivity index (χ2n) is 5.98. The first-order valence-electron chi connectivity index (χ1n) is 8.87. The molecule has 1 aromatic rings. The number of thiol groups is 1. The van der Waals surface area contributed by atoms with Gasteiger partial charge in [0.05, 0.1) is 0 Å². The predicted molar refractivity (Wildman–Crippen MR) is 100 cm³/mol. The standard InChI is InChI=1S/C19H31NO2S/c21-15-7-3-2-6-14-20-19(22)18-12-10-17(11-13-18)9-5-1-4-8-16-23/h10-13,21,23H,1-9,14-16H2,(H,20,22). The van der Waals surface area contributed by atoms with Crippen LogP contribution in [-0.4, -0.2) is 29.9 Å². The highest BCUT2D eigenvalue weighted by molar-refractivity contribution is 7.80. The number of aliphatic hydroxyl groups excluding tert-OH is 1. The molecule has 0 saturated carbocycles. The summed E-state index contributed by atoms with van der Waals surface area (Å²) in [4.78, 5) is 12.0. The van der Waals surface area contributed by atoms with Crippen molar-refractivity contribution >= 4 is 18.5 Å². The van der Waals surface area contributed by atoms with Crippen molar-refractivity contribution in [1.29, 1.82) is 0 Å². The molecule has 1 amide bonds. The summed E-state index contributed by atoms with van der Waals surface area (Å²) in [7, 11) is 0. The van der Waals surface area contributed by atoms with Crippen molar-refractivity contribution in [2.75, 3.05) is 18.9 Å². The van der Waals surface area contributed by atoms with Crippen LogP contribution in [0.2, 0.25) is 0 Å². The third-order valence-electron chi connectivity index (χ3n) is 3.96. The summed E-state index contributed by atoms with van der Waals surface area (Å²) >= 11 is 4.22. The molecule has 0 saturated heterocycles. The van der Waals surface area contributed by atoms with Crippen LogP contribution in [0.15, 0.2) is 24.3 Å². The zero-order valence-corrected chi connectivity index (χ0v) is 15.0. The number of carbonyl (C=O) groups excluding carboxylic acids is 1. The van der Waals surface area contributed by atoms with E-state index in [1.54, 1.807) is 0 Å². The fourth-order valence-electron chi connectivity index (χ4n) is 2.51. The van der Waals surface area contributed by atoms with E-state index >= 15 is 0 Å². The van der Waals surface area contributed by atoms with E-state index in [1.165, 1.54) is 31.2 Å². The highest BCUT2D eigenvalue weighted by atomic mass is 32.1. The molecule has 3 nitrogen and oxygen atoms in total. The molecule has 23 heavy (non-hydrogen) atoms. The predicted octanol–water partition coefficient (Wildman–Crippen LogP) is 4.00. The van der Waals surface area contributed by atoms with E-state index in [0.29, 0.717) is 6.54 Å². The zero-order chi connectivity index (χ0) is 16.8. The van der Waals surface area contributed by atoms with Gasteiger partial charge in [0.25, 0.3) is 5.91 Å². The second kappa shape index (κ2) is 13.4. The number of carbonyl (C=O) groups is 1. The quantitative estimate of drug-likeness (QED) is 0.376. The Morgan fingerprint density at radius 2 is 1.57 bits per heavy atom. The molecule has 0 aliphatic heterocycles. The van der Waals surface area contributed by atoms with Crippen LogP contribution in [0, 0.1) is 0 Å². The maximum Gasteiger partial charge on any atom is 0.251 e. The summed E-state index contributed by atoms with van der Waals surface area (Å²) in [6.45, 7) is 0.963. The Labute approximate surface area is 146 Å². The van der Waals surface area contributed by atoms with Gasteiger partial charge in [0.1, 0.15) is 0 Å². The van der Waals surface area contributed by atoms with Crippen LogP contribution in [0.3, 0.4) is 0 Å². The van der Waals surface area contributed by atoms with Gasteiger partial charge in [-0.2, -0.15) is 12.6 Å². The van der Waals surface area contributed by atoms with Crippen LogP contribution in [0.5, 0.6) is 0 Å². The first-order valence-corrected chi connectivity index (χ1v) is 9.50. The highest BCUT2D eigenvalue weighted by Crippen LogP contribution is 2.10. The fourth-order valence-corrected chi connectivity index (χ4v) is 2.74. The van der Waals surface area contributed by atoms with E-state index in [-0.39, 0.29) is 12.5 Å². The SMILES string of the molecule is O=C(NCCCCCCO)c1ccc(CCCCCCS)cc1. The zero-order valence-electron chi connectivity index (χ0n) is 14.1. The molecule has 1 rings (SSSR count). The van der Waals surface area contributed by atoms with Crippen LogP contribution in [-0.2, 0) is 6.42 Å². The first-order chi connectivity index (χ1) is 11.3. The van der Waals surface area contributed by atoms with Gasteiger partial charge in [0.15, 0.2) is 0 Å². The molecule has 0 unspecified atom stereocenters. The lowest BCUT2D eigenvalue weighted by Gasteiger charge is -2.06. The van der Waals surface area contributed by atoms with E-state index in [4.69, 9.17) is 5.11 Å². The molecule has 0 bridgehead atoms. The van der Waals surface area contributed by atoms with Gasteiger partial charge in [0, 0.05) is 18.7 Å². The van der Waals surface area contributed by atoms with Gasteiger partial charge in [0.2, 0.25) is 0 Å². The van der Waals surface area contributed by atoms with Gasteiger partial charge >= 0.3 is 0 Å². The van der Waals surface area contributed by atoms with E-state index in [0.717, 1.165) is 43.4 Å². The van der Waals surface area contributed by atoms with Crippen LogP contribution >= 0.6 is 12.6 Å². The molecule has 0 aliphatic carbocycles. The molecule has 2 N–H and O–H groups in total. The Balaban J connectivity index is 2.20. The second-order valence-corrected chi connectivity index (χ2v) is 6.43. The van der Waals surface area contributed by atoms with Gasteiger partial charge in [-0.3, -0.25) is 4.79 Å². The number of rotatable bonds is 13. The normalized spacial score (nSPS) is 10.7. The summed E-state index contributed by atoms with van der Waals surface area (Å²) in [6, 6.07) is 7.97. The van der Waals surface area contributed by atoms with Crippen molar-refractivity contribution in [1.82, 2.24) is 5.32 Å². The minimum absolute atomic E-state index is 0.00693. The number of amides is 1. The molecule has 0 fully saturated rings. The molecule has 4 heteroatoms. The van der Waals surface area contributed by atoms with Crippen LogP contribution < -0.4 is 5.32 Å². The molecular weight excluding hydrogens is 306 g/mol. The Hall–Kier alpha value is -1.00. The fraction of sp³-hybridized carbons (Fsp3) is 0.632. The number of aliphatic hydroxyl groups is 1. The van der Waals surface area contributed by atoms with Crippen molar-refractivity contribution < 1.29 is 9.90 Å². The topological polar surface area (TPSA) is 49.3 Å². The van der Waals surface area contributed by atoms with E-state index < -0.39 is 0 Å². The minimum Gasteiger partial charge on any atom is -0.396 e. The van der Waals surface area contributed by atoms with Crippen molar-refractivity contribution in [2.24, 2.45) is 0 Å². The Bertz CT molecular complexity index is 420. The molecule has 0 aliphatic rings. The van der Waals surface area contributed by atoms with Gasteiger partial charge in [-0.15, -0.1) is 0 Å². The molecular formula is C19H31NO2S. The van der Waals surface area contributed by atoms with E-state index in [1.807, 2.05) is 12.1 Å². The lowest BCUT2D eigenvalue weighted by atomic mass is 10.0. The molecule has 0 heterocycles. The summed E-state index contributed by atoms with van der Waals surface area (Å²) in [5.41, 5.74) is 2.04. The maximum atomic E-state index is 12.0. The van der Waals surface area contributed by atoms with E-state index in [9.17, 15) is 4.79 Å². The summed E-state index contributed by atoms with van der Waals surface area (Å²) in [6.07, 6.45) is 9.87. The maximum absolute atomic E-state index is 12.0. The Morgan fingerprint density at radius 1 is 0.913 bits per heavy atom. The average molecular weight is 338 g/mol. The third-order valence-corrected chi connectivity index (χ3v) is 4.28. The van der Waals surface area contributed by atoms with Crippen molar-refractivity contribution in [3.63, 3.8) is 0 Å². The third kappa shape index (κ3) is 9.67. The number of aryl methyl sites for hydroxylation is 1. The number of benzene rings is 1. The monoisotopic (exact) mass is 337 g/mol. The molecule has 0 spiro atoms. The minimum atomic E-state index is 0.00693. The van der Waals surface area contributed by atoms with Crippen LogP contribution in [0.4, 0.5) is 0 Å². The lowest BCUT2D eigenvalue weighted by molar-refractivity contribution is 0.0953. The molecule has 0 aromatic heterocycles. The summed E-state index contributed by atoms with van der Waals surface area (Å²) in [5, 5.41) is 11.7. The molecule has 0 atom stereocenters. The molecule has 0 radical (unpaired) electrons. The van der Waals surface area contributed by atoms with Gasteiger partial charge in [-0.05, 0) is 55.6 Å². The van der Waals surface area contributed by atoms with Crippen LogP contribution in [0.1, 0.15) is 67.3 Å². The van der Waals surface area contributed by atoms with Crippen LogP contribution in [0.25, 0.3) is 0 Å².